The molecule has 220 valence electrons. The van der Waals surface area contributed by atoms with Crippen LogP contribution in [0.5, 0.6) is 5.75 Å². The van der Waals surface area contributed by atoms with Gasteiger partial charge in [0.15, 0.2) is 0 Å². The molecule has 0 aromatic heterocycles. The van der Waals surface area contributed by atoms with E-state index >= 15 is 0 Å². The van der Waals surface area contributed by atoms with E-state index in [1.807, 2.05) is 42.5 Å². The molecule has 4 N–H and O–H groups in total. The molecule has 0 aliphatic carbocycles. The molecule has 3 aromatic carbocycles. The SMILES string of the molecule is CC(C)(C)c1ccc(COc2ccccc2C=CC(CCCCC(=O)NNC(N)=O)CCc2ccc(C#N)cc2)cc1. The topological polar surface area (TPSA) is 117 Å². The number of urea groups is 1. The van der Waals surface area contributed by atoms with Crippen molar-refractivity contribution >= 4 is 18.0 Å². The number of carbonyl (C=O) groups excluding carboxylic acids is 2. The molecule has 0 spiro atoms. The average Bonchev–Trinajstić information content (AvgIpc) is 2.98. The number of hydrogen-bond donors (Lipinski definition) is 3. The Bertz CT molecular complexity index is 1370. The largest absolute Gasteiger partial charge is 0.488 e. The lowest BCUT2D eigenvalue weighted by Gasteiger charge is -2.19. The molecule has 1 atom stereocenters. The molecule has 7 nitrogen and oxygen atoms in total. The van der Waals surface area contributed by atoms with E-state index in [0.717, 1.165) is 42.6 Å². The number of nitriles is 1. The van der Waals surface area contributed by atoms with Gasteiger partial charge in [0.2, 0.25) is 5.91 Å². The highest BCUT2D eigenvalue weighted by molar-refractivity contribution is 5.80. The quantitative estimate of drug-likeness (QED) is 0.153. The van der Waals surface area contributed by atoms with E-state index in [2.05, 4.69) is 80.2 Å². The van der Waals surface area contributed by atoms with Crippen molar-refractivity contribution in [2.75, 3.05) is 0 Å². The first-order valence-corrected chi connectivity index (χ1v) is 14.5. The lowest BCUT2D eigenvalue weighted by Crippen LogP contribution is -2.44. The minimum absolute atomic E-state index is 0.113. The molecule has 0 heterocycles. The molecule has 7 heteroatoms. The van der Waals surface area contributed by atoms with Crippen molar-refractivity contribution < 1.29 is 14.3 Å². The number of rotatable bonds is 13. The van der Waals surface area contributed by atoms with Crippen molar-refractivity contribution in [2.45, 2.75) is 71.3 Å². The summed E-state index contributed by atoms with van der Waals surface area (Å²) in [5.41, 5.74) is 14.8. The maximum absolute atomic E-state index is 11.9. The first-order valence-electron chi connectivity index (χ1n) is 14.5. The molecule has 3 amide bonds. The Morgan fingerprint density at radius 3 is 2.29 bits per heavy atom. The number of para-hydroxylation sites is 1. The Kier molecular flexibility index (Phi) is 12.2. The van der Waals surface area contributed by atoms with Gasteiger partial charge in [0, 0.05) is 12.0 Å². The molecule has 42 heavy (non-hydrogen) atoms. The first kappa shape index (κ1) is 32.0. The maximum Gasteiger partial charge on any atom is 0.330 e. The molecular weight excluding hydrogens is 524 g/mol. The van der Waals surface area contributed by atoms with Crippen LogP contribution in [0.3, 0.4) is 0 Å². The number of hydrazine groups is 1. The van der Waals surface area contributed by atoms with Gasteiger partial charge in [-0.3, -0.25) is 10.2 Å². The van der Waals surface area contributed by atoms with Gasteiger partial charge in [0.05, 0.1) is 11.6 Å². The third-order valence-corrected chi connectivity index (χ3v) is 7.12. The molecule has 0 saturated heterocycles. The zero-order chi connectivity index (χ0) is 30.4. The van der Waals surface area contributed by atoms with Gasteiger partial charge in [0.25, 0.3) is 0 Å². The number of unbranched alkanes of at least 4 members (excludes halogenated alkanes) is 1. The lowest BCUT2D eigenvalue weighted by atomic mass is 9.87. The molecule has 0 fully saturated rings. The fourth-order valence-electron chi connectivity index (χ4n) is 4.57. The summed E-state index contributed by atoms with van der Waals surface area (Å²) in [5, 5.41) is 9.09. The molecule has 0 radical (unpaired) electrons. The highest BCUT2D eigenvalue weighted by Gasteiger charge is 2.13. The van der Waals surface area contributed by atoms with Crippen molar-refractivity contribution in [2.24, 2.45) is 11.7 Å². The number of nitrogens with one attached hydrogen (secondary N) is 2. The molecular formula is C35H42N4O3. The summed E-state index contributed by atoms with van der Waals surface area (Å²) in [6.07, 6.45) is 8.94. The highest BCUT2D eigenvalue weighted by Crippen LogP contribution is 2.26. The Morgan fingerprint density at radius 2 is 1.62 bits per heavy atom. The number of hydrogen-bond acceptors (Lipinski definition) is 4. The van der Waals surface area contributed by atoms with Gasteiger partial charge >= 0.3 is 6.03 Å². The van der Waals surface area contributed by atoms with Crippen LogP contribution in [0, 0.1) is 17.2 Å². The van der Waals surface area contributed by atoms with Gasteiger partial charge in [-0.1, -0.05) is 93.9 Å². The fraction of sp³-hybridized carbons (Fsp3) is 0.343. The minimum atomic E-state index is -0.793. The van der Waals surface area contributed by atoms with E-state index < -0.39 is 6.03 Å². The van der Waals surface area contributed by atoms with Crippen molar-refractivity contribution in [3.8, 4) is 11.8 Å². The maximum atomic E-state index is 11.9. The van der Waals surface area contributed by atoms with Crippen LogP contribution in [-0.2, 0) is 23.2 Å². The Labute approximate surface area is 249 Å². The summed E-state index contributed by atoms with van der Waals surface area (Å²) in [5.74, 6) is 0.848. The summed E-state index contributed by atoms with van der Waals surface area (Å²) in [7, 11) is 0. The van der Waals surface area contributed by atoms with Crippen molar-refractivity contribution in [3.05, 3.63) is 107 Å². The molecule has 0 aliphatic heterocycles. The van der Waals surface area contributed by atoms with E-state index in [1.165, 1.54) is 11.1 Å². The highest BCUT2D eigenvalue weighted by atomic mass is 16.5. The van der Waals surface area contributed by atoms with E-state index in [9.17, 15) is 9.59 Å². The summed E-state index contributed by atoms with van der Waals surface area (Å²) >= 11 is 0. The number of carbonyl (C=O) groups is 2. The van der Waals surface area contributed by atoms with Gasteiger partial charge in [-0.2, -0.15) is 5.26 Å². The third-order valence-electron chi connectivity index (χ3n) is 7.12. The van der Waals surface area contributed by atoms with Gasteiger partial charge in [-0.05, 0) is 71.9 Å². The second-order valence-corrected chi connectivity index (χ2v) is 11.5. The number of ether oxygens (including phenoxy) is 1. The first-order chi connectivity index (χ1) is 20.1. The van der Waals surface area contributed by atoms with Crippen molar-refractivity contribution in [1.29, 1.82) is 5.26 Å². The smallest absolute Gasteiger partial charge is 0.330 e. The van der Waals surface area contributed by atoms with Gasteiger partial charge in [0.1, 0.15) is 12.4 Å². The van der Waals surface area contributed by atoms with E-state index in [0.29, 0.717) is 25.0 Å². The zero-order valence-corrected chi connectivity index (χ0v) is 24.9. The fourth-order valence-corrected chi connectivity index (χ4v) is 4.57. The average molecular weight is 567 g/mol. The number of amides is 3. The summed E-state index contributed by atoms with van der Waals surface area (Å²) in [6.45, 7) is 7.11. The van der Waals surface area contributed by atoms with Crippen LogP contribution in [0.15, 0.2) is 78.9 Å². The second kappa shape index (κ2) is 16.0. The molecule has 3 aromatic rings. The minimum Gasteiger partial charge on any atom is -0.488 e. The van der Waals surface area contributed by atoms with Gasteiger partial charge in [-0.15, -0.1) is 0 Å². The normalized spacial score (nSPS) is 12.0. The predicted octanol–water partition coefficient (Wildman–Crippen LogP) is 6.96. The summed E-state index contributed by atoms with van der Waals surface area (Å²) in [4.78, 5) is 22.7. The number of primary amides is 1. The molecule has 0 bridgehead atoms. The Morgan fingerprint density at radius 1 is 0.929 bits per heavy atom. The molecule has 0 aliphatic rings. The number of aryl methyl sites for hydroxylation is 1. The van der Waals surface area contributed by atoms with Crippen molar-refractivity contribution in [1.82, 2.24) is 10.9 Å². The third kappa shape index (κ3) is 11.1. The van der Waals surface area contributed by atoms with Crippen LogP contribution in [0.1, 0.15) is 80.7 Å². The number of allylic oxidation sites excluding steroid dienone is 1. The lowest BCUT2D eigenvalue weighted by molar-refractivity contribution is -0.121. The predicted molar refractivity (Wildman–Crippen MR) is 167 cm³/mol. The van der Waals surface area contributed by atoms with Gasteiger partial charge in [-0.25, -0.2) is 10.2 Å². The van der Waals surface area contributed by atoms with Crippen LogP contribution < -0.4 is 21.3 Å². The van der Waals surface area contributed by atoms with Gasteiger partial charge < -0.3 is 10.5 Å². The van der Waals surface area contributed by atoms with Crippen LogP contribution in [0.2, 0.25) is 0 Å². The van der Waals surface area contributed by atoms with E-state index in [1.54, 1.807) is 0 Å². The molecule has 0 saturated carbocycles. The molecule has 3 rings (SSSR count). The Hall–Kier alpha value is -4.57. The van der Waals surface area contributed by atoms with Crippen molar-refractivity contribution in [3.63, 3.8) is 0 Å². The van der Waals surface area contributed by atoms with Crippen LogP contribution >= 0.6 is 0 Å². The summed E-state index contributed by atoms with van der Waals surface area (Å²) < 4.78 is 6.24. The standard InChI is InChI=1S/C35H42N4O3/c1-35(2,3)31-22-19-29(20-23-31)25-42-32-10-6-5-9-30(32)21-18-26(8-4-7-11-33(40)38-39-34(37)41)12-13-27-14-16-28(24-36)17-15-27/h5-6,9-10,14-23,26H,4,7-8,11-13,25H2,1-3H3,(H,38,40)(H3,37,39,41). The number of benzene rings is 3. The van der Waals surface area contributed by atoms with Crippen LogP contribution in [-0.4, -0.2) is 11.9 Å². The monoisotopic (exact) mass is 566 g/mol. The number of nitrogens with two attached hydrogens (primary N) is 1. The number of nitrogens with zero attached hydrogens (tertiary/aromatic N) is 1. The Balaban J connectivity index is 1.64. The van der Waals surface area contributed by atoms with Crippen LogP contribution in [0.25, 0.3) is 6.08 Å². The molecule has 1 unspecified atom stereocenters. The van der Waals surface area contributed by atoms with E-state index in [4.69, 9.17) is 15.7 Å². The van der Waals surface area contributed by atoms with Crippen LogP contribution in [0.4, 0.5) is 4.79 Å². The van der Waals surface area contributed by atoms with E-state index in [-0.39, 0.29) is 17.2 Å². The second-order valence-electron chi connectivity index (χ2n) is 11.5. The zero-order valence-electron chi connectivity index (χ0n) is 24.9. The summed E-state index contributed by atoms with van der Waals surface area (Å²) in [6, 6.07) is 25.7.